The van der Waals surface area contributed by atoms with Crippen molar-refractivity contribution < 1.29 is 0 Å². The molecule has 3 heteroatoms. The molecule has 1 atom stereocenters. The van der Waals surface area contributed by atoms with E-state index in [1.165, 1.54) is 10.8 Å². The van der Waals surface area contributed by atoms with Gasteiger partial charge in [0.15, 0.2) is 0 Å². The van der Waals surface area contributed by atoms with E-state index in [0.717, 1.165) is 17.1 Å². The van der Waals surface area contributed by atoms with Crippen molar-refractivity contribution in [1.82, 2.24) is 4.98 Å². The Morgan fingerprint density at radius 2 is 1.94 bits per heavy atom. The Bertz CT molecular complexity index is 505. The van der Waals surface area contributed by atoms with Gasteiger partial charge in [0, 0.05) is 29.6 Å². The summed E-state index contributed by atoms with van der Waals surface area (Å²) in [5.41, 5.74) is 7.44. The Morgan fingerprint density at radius 1 is 1.17 bits per heavy atom. The second kappa shape index (κ2) is 6.21. The molecule has 0 fully saturated rings. The molecule has 0 bridgehead atoms. The lowest BCUT2D eigenvalue weighted by Crippen LogP contribution is -2.14. The molecule has 0 saturated heterocycles. The van der Waals surface area contributed by atoms with Crippen LogP contribution in [0.15, 0.2) is 36.7 Å². The maximum Gasteiger partial charge on any atom is 0.0408 e. The van der Waals surface area contributed by atoms with Gasteiger partial charge < -0.3 is 5.73 Å². The van der Waals surface area contributed by atoms with Crippen molar-refractivity contribution in [3.8, 4) is 0 Å². The van der Waals surface area contributed by atoms with Crippen molar-refractivity contribution in [2.24, 2.45) is 11.7 Å². The number of aromatic nitrogens is 1. The third kappa shape index (κ3) is 3.24. The van der Waals surface area contributed by atoms with Crippen molar-refractivity contribution in [2.45, 2.75) is 19.9 Å². The molecule has 2 N–H and O–H groups in total. The molecule has 0 saturated carbocycles. The summed E-state index contributed by atoms with van der Waals surface area (Å²) in [5.74, 6) is 2.83. The van der Waals surface area contributed by atoms with Gasteiger partial charge >= 0.3 is 0 Å². The second-order valence-electron chi connectivity index (χ2n) is 4.99. The fraction of sp³-hybridized carbons (Fsp3) is 0.400. The van der Waals surface area contributed by atoms with Gasteiger partial charge in [0.1, 0.15) is 0 Å². The van der Waals surface area contributed by atoms with Gasteiger partial charge in [-0.3, -0.25) is 4.98 Å². The van der Waals surface area contributed by atoms with Crippen LogP contribution in [0.4, 0.5) is 0 Å². The van der Waals surface area contributed by atoms with Gasteiger partial charge in [-0.05, 0) is 22.6 Å². The largest absolute Gasteiger partial charge is 0.323 e. The van der Waals surface area contributed by atoms with Crippen LogP contribution in [0.25, 0.3) is 10.8 Å². The van der Waals surface area contributed by atoms with E-state index in [0.29, 0.717) is 5.92 Å². The van der Waals surface area contributed by atoms with Crippen LogP contribution in [0, 0.1) is 5.92 Å². The van der Waals surface area contributed by atoms with E-state index in [9.17, 15) is 0 Å². The molecular formula is C15H20N2S. The first-order valence-corrected chi connectivity index (χ1v) is 7.50. The van der Waals surface area contributed by atoms with E-state index >= 15 is 0 Å². The summed E-state index contributed by atoms with van der Waals surface area (Å²) in [6.07, 6.45) is 3.80. The average Bonchev–Trinajstić information content (AvgIpc) is 2.37. The SMILES string of the molecule is CC(C)CSCC(N)c1cncc2ccccc12. The zero-order chi connectivity index (χ0) is 13.0. The zero-order valence-electron chi connectivity index (χ0n) is 11.0. The summed E-state index contributed by atoms with van der Waals surface area (Å²) in [6.45, 7) is 4.47. The van der Waals surface area contributed by atoms with E-state index in [1.54, 1.807) is 0 Å². The summed E-state index contributed by atoms with van der Waals surface area (Å²) in [4.78, 5) is 4.29. The minimum atomic E-state index is 0.0624. The molecule has 0 aliphatic heterocycles. The Kier molecular flexibility index (Phi) is 4.61. The summed E-state index contributed by atoms with van der Waals surface area (Å²) < 4.78 is 0. The van der Waals surface area contributed by atoms with Crippen molar-refractivity contribution in [3.63, 3.8) is 0 Å². The van der Waals surface area contributed by atoms with Crippen LogP contribution in [-0.2, 0) is 0 Å². The summed E-state index contributed by atoms with van der Waals surface area (Å²) >= 11 is 1.92. The fourth-order valence-electron chi connectivity index (χ4n) is 1.96. The van der Waals surface area contributed by atoms with Gasteiger partial charge in [0.05, 0.1) is 0 Å². The number of nitrogens with zero attached hydrogens (tertiary/aromatic N) is 1. The quantitative estimate of drug-likeness (QED) is 0.892. The molecule has 96 valence electrons. The zero-order valence-corrected chi connectivity index (χ0v) is 11.8. The van der Waals surface area contributed by atoms with Gasteiger partial charge in [-0.1, -0.05) is 38.1 Å². The minimum absolute atomic E-state index is 0.0624. The number of pyridine rings is 1. The molecule has 1 unspecified atom stereocenters. The number of thioether (sulfide) groups is 1. The number of hydrogen-bond donors (Lipinski definition) is 1. The van der Waals surface area contributed by atoms with Crippen molar-refractivity contribution >= 4 is 22.5 Å². The van der Waals surface area contributed by atoms with Crippen LogP contribution in [0.5, 0.6) is 0 Å². The summed E-state index contributed by atoms with van der Waals surface area (Å²) in [7, 11) is 0. The first kappa shape index (κ1) is 13.4. The van der Waals surface area contributed by atoms with E-state index < -0.39 is 0 Å². The molecule has 2 aromatic rings. The lowest BCUT2D eigenvalue weighted by atomic mass is 10.0. The lowest BCUT2D eigenvalue weighted by Gasteiger charge is -2.14. The first-order chi connectivity index (χ1) is 8.68. The number of hydrogen-bond acceptors (Lipinski definition) is 3. The third-order valence-electron chi connectivity index (χ3n) is 2.85. The number of benzene rings is 1. The highest BCUT2D eigenvalue weighted by molar-refractivity contribution is 7.99. The van der Waals surface area contributed by atoms with Crippen molar-refractivity contribution in [1.29, 1.82) is 0 Å². The topological polar surface area (TPSA) is 38.9 Å². The highest BCUT2D eigenvalue weighted by Crippen LogP contribution is 2.24. The summed E-state index contributed by atoms with van der Waals surface area (Å²) in [6, 6.07) is 8.36. The predicted molar refractivity (Wildman–Crippen MR) is 80.8 cm³/mol. The standard InChI is InChI=1S/C15H20N2S/c1-11(2)9-18-10-15(16)14-8-17-7-12-5-3-4-6-13(12)14/h3-8,11,15H,9-10,16H2,1-2H3. The molecular weight excluding hydrogens is 240 g/mol. The maximum atomic E-state index is 6.29. The Labute approximate surface area is 113 Å². The van der Waals surface area contributed by atoms with E-state index in [-0.39, 0.29) is 6.04 Å². The Balaban J connectivity index is 2.15. The number of rotatable bonds is 5. The van der Waals surface area contributed by atoms with Gasteiger partial charge in [-0.2, -0.15) is 11.8 Å². The monoisotopic (exact) mass is 260 g/mol. The van der Waals surface area contributed by atoms with Crippen molar-refractivity contribution in [2.75, 3.05) is 11.5 Å². The van der Waals surface area contributed by atoms with Crippen LogP contribution in [0.1, 0.15) is 25.5 Å². The van der Waals surface area contributed by atoms with Crippen LogP contribution in [-0.4, -0.2) is 16.5 Å². The fourth-order valence-corrected chi connectivity index (χ4v) is 3.00. The molecule has 0 aliphatic carbocycles. The molecule has 2 rings (SSSR count). The Hall–Kier alpha value is -1.06. The molecule has 1 aromatic carbocycles. The highest BCUT2D eigenvalue weighted by atomic mass is 32.2. The molecule has 0 radical (unpaired) electrons. The van der Waals surface area contributed by atoms with Gasteiger partial charge in [0.25, 0.3) is 0 Å². The molecule has 18 heavy (non-hydrogen) atoms. The average molecular weight is 260 g/mol. The molecule has 1 aromatic heterocycles. The molecule has 0 spiro atoms. The third-order valence-corrected chi connectivity index (χ3v) is 4.34. The van der Waals surface area contributed by atoms with E-state index in [2.05, 4.69) is 37.0 Å². The normalized spacial score (nSPS) is 13.1. The van der Waals surface area contributed by atoms with Crippen LogP contribution in [0.2, 0.25) is 0 Å². The van der Waals surface area contributed by atoms with Crippen LogP contribution < -0.4 is 5.73 Å². The summed E-state index contributed by atoms with van der Waals surface area (Å²) in [5, 5.41) is 2.39. The van der Waals surface area contributed by atoms with E-state index in [4.69, 9.17) is 5.73 Å². The maximum absolute atomic E-state index is 6.29. The molecule has 2 nitrogen and oxygen atoms in total. The number of nitrogens with two attached hydrogens (primary N) is 1. The molecule has 1 heterocycles. The lowest BCUT2D eigenvalue weighted by molar-refractivity contribution is 0.746. The van der Waals surface area contributed by atoms with Crippen LogP contribution in [0.3, 0.4) is 0 Å². The predicted octanol–water partition coefficient (Wildman–Crippen LogP) is 3.62. The van der Waals surface area contributed by atoms with E-state index in [1.807, 2.05) is 30.2 Å². The highest BCUT2D eigenvalue weighted by Gasteiger charge is 2.10. The second-order valence-corrected chi connectivity index (χ2v) is 6.06. The van der Waals surface area contributed by atoms with Gasteiger partial charge in [0.2, 0.25) is 0 Å². The first-order valence-electron chi connectivity index (χ1n) is 6.34. The minimum Gasteiger partial charge on any atom is -0.323 e. The smallest absolute Gasteiger partial charge is 0.0408 e. The number of fused-ring (bicyclic) bond motifs is 1. The van der Waals surface area contributed by atoms with Gasteiger partial charge in [-0.15, -0.1) is 0 Å². The Morgan fingerprint density at radius 3 is 2.72 bits per heavy atom. The van der Waals surface area contributed by atoms with Gasteiger partial charge in [-0.25, -0.2) is 0 Å². The van der Waals surface area contributed by atoms with Crippen LogP contribution >= 0.6 is 11.8 Å². The molecule has 0 aliphatic rings. The molecule has 0 amide bonds. The van der Waals surface area contributed by atoms with Crippen molar-refractivity contribution in [3.05, 3.63) is 42.2 Å².